The van der Waals surface area contributed by atoms with Gasteiger partial charge in [-0.25, -0.2) is 0 Å². The van der Waals surface area contributed by atoms with E-state index in [1.165, 1.54) is 11.3 Å². The maximum Gasteiger partial charge on any atom is 0.307 e. The van der Waals surface area contributed by atoms with Gasteiger partial charge in [0, 0.05) is 4.88 Å². The zero-order valence-corrected chi connectivity index (χ0v) is 17.4. The first-order chi connectivity index (χ1) is 13.2. The number of aliphatic carboxylic acids is 1. The number of carbonyl (C=O) groups is 3. The lowest BCUT2D eigenvalue weighted by Crippen LogP contribution is -2.36. The zero-order valence-electron chi connectivity index (χ0n) is 16.6. The molecule has 3 atom stereocenters. The van der Waals surface area contributed by atoms with Crippen LogP contribution in [0.15, 0.2) is 11.1 Å². The standard InChI is InChI=1S/C21H28N2O4S/c1-4-12-5-6-13-16(9-12)28-20(17(13)18(22)24)23-19(25)14-7-10(2)11(3)8-15(14)21(26)27/h12,14-15H,4-9H2,1-3H3,(H2,22,24)(H,23,25)(H,26,27)/t12-,14+,15+/m1/s1. The highest BCUT2D eigenvalue weighted by Gasteiger charge is 2.38. The number of carbonyl (C=O) groups excluding carboxylic acids is 2. The van der Waals surface area contributed by atoms with E-state index in [4.69, 9.17) is 5.73 Å². The fraction of sp³-hybridized carbons (Fsp3) is 0.571. The Morgan fingerprint density at radius 2 is 1.79 bits per heavy atom. The number of carboxylic acid groups (broad SMARTS) is 1. The van der Waals surface area contributed by atoms with Crippen molar-refractivity contribution in [1.82, 2.24) is 0 Å². The number of nitrogens with two attached hydrogens (primary N) is 1. The van der Waals surface area contributed by atoms with Gasteiger partial charge < -0.3 is 16.2 Å². The maximum absolute atomic E-state index is 13.0. The Balaban J connectivity index is 1.89. The molecule has 1 heterocycles. The molecule has 2 aliphatic rings. The molecule has 1 aromatic rings. The first-order valence-corrected chi connectivity index (χ1v) is 10.7. The molecule has 152 valence electrons. The van der Waals surface area contributed by atoms with Gasteiger partial charge in [0.05, 0.1) is 17.4 Å². The van der Waals surface area contributed by atoms with Crippen LogP contribution in [0.5, 0.6) is 0 Å². The van der Waals surface area contributed by atoms with Crippen molar-refractivity contribution in [2.45, 2.75) is 59.3 Å². The van der Waals surface area contributed by atoms with Crippen molar-refractivity contribution in [3.05, 3.63) is 27.2 Å². The van der Waals surface area contributed by atoms with Crippen LogP contribution >= 0.6 is 11.3 Å². The lowest BCUT2D eigenvalue weighted by atomic mass is 9.76. The first-order valence-electron chi connectivity index (χ1n) is 9.86. The number of primary amides is 1. The van der Waals surface area contributed by atoms with Crippen molar-refractivity contribution < 1.29 is 19.5 Å². The molecule has 0 unspecified atom stereocenters. The number of rotatable bonds is 5. The van der Waals surface area contributed by atoms with Gasteiger partial charge in [-0.2, -0.15) is 0 Å². The molecule has 0 bridgehead atoms. The van der Waals surface area contributed by atoms with Gasteiger partial charge in [-0.15, -0.1) is 11.3 Å². The summed E-state index contributed by atoms with van der Waals surface area (Å²) >= 11 is 1.42. The normalized spacial score (nSPS) is 24.6. The van der Waals surface area contributed by atoms with Crippen molar-refractivity contribution in [3.63, 3.8) is 0 Å². The Kier molecular flexibility index (Phi) is 5.93. The molecule has 6 nitrogen and oxygen atoms in total. The molecule has 0 spiro atoms. The van der Waals surface area contributed by atoms with Crippen molar-refractivity contribution in [1.29, 1.82) is 0 Å². The SMILES string of the molecule is CC[C@@H]1CCc2c(sc(NC(=O)[C@H]3CC(C)=C(C)C[C@@H]3C(=O)O)c2C(N)=O)C1. The second-order valence-electron chi connectivity index (χ2n) is 8.10. The van der Waals surface area contributed by atoms with Crippen LogP contribution in [0, 0.1) is 17.8 Å². The Hall–Kier alpha value is -2.15. The van der Waals surface area contributed by atoms with E-state index in [0.717, 1.165) is 47.3 Å². The molecule has 2 aliphatic carbocycles. The summed E-state index contributed by atoms with van der Waals surface area (Å²) in [6.07, 6.45) is 4.58. The summed E-state index contributed by atoms with van der Waals surface area (Å²) in [6, 6.07) is 0. The van der Waals surface area contributed by atoms with Crippen LogP contribution in [-0.2, 0) is 22.4 Å². The van der Waals surface area contributed by atoms with Gasteiger partial charge in [-0.3, -0.25) is 14.4 Å². The number of hydrogen-bond acceptors (Lipinski definition) is 4. The van der Waals surface area contributed by atoms with E-state index in [2.05, 4.69) is 12.2 Å². The first kappa shape index (κ1) is 20.6. The smallest absolute Gasteiger partial charge is 0.307 e. The number of allylic oxidation sites excluding steroid dienone is 2. The Morgan fingerprint density at radius 1 is 1.14 bits per heavy atom. The number of fused-ring (bicyclic) bond motifs is 1. The van der Waals surface area contributed by atoms with Crippen LogP contribution in [0.2, 0.25) is 0 Å². The largest absolute Gasteiger partial charge is 0.481 e. The maximum atomic E-state index is 13.0. The average Bonchev–Trinajstić information content (AvgIpc) is 3.00. The van der Waals surface area contributed by atoms with Crippen LogP contribution in [-0.4, -0.2) is 22.9 Å². The minimum Gasteiger partial charge on any atom is -0.481 e. The number of hydrogen-bond donors (Lipinski definition) is 3. The molecule has 4 N–H and O–H groups in total. The van der Waals surface area contributed by atoms with E-state index in [1.807, 2.05) is 13.8 Å². The third kappa shape index (κ3) is 3.85. The zero-order chi connectivity index (χ0) is 20.6. The fourth-order valence-corrected chi connectivity index (χ4v) is 5.75. The Morgan fingerprint density at radius 3 is 2.36 bits per heavy atom. The highest BCUT2D eigenvalue weighted by molar-refractivity contribution is 7.17. The molecule has 28 heavy (non-hydrogen) atoms. The lowest BCUT2D eigenvalue weighted by molar-refractivity contribution is -0.146. The second-order valence-corrected chi connectivity index (χ2v) is 9.20. The summed E-state index contributed by atoms with van der Waals surface area (Å²) in [7, 11) is 0. The van der Waals surface area contributed by atoms with Gasteiger partial charge >= 0.3 is 5.97 Å². The van der Waals surface area contributed by atoms with E-state index in [9.17, 15) is 19.5 Å². The predicted octanol–water partition coefficient (Wildman–Crippen LogP) is 3.75. The van der Waals surface area contributed by atoms with E-state index in [0.29, 0.717) is 29.3 Å². The Labute approximate surface area is 169 Å². The fourth-order valence-electron chi connectivity index (χ4n) is 4.38. The van der Waals surface area contributed by atoms with E-state index in [-0.39, 0.29) is 5.91 Å². The van der Waals surface area contributed by atoms with Gasteiger partial charge in [0.2, 0.25) is 5.91 Å². The van der Waals surface area contributed by atoms with Crippen LogP contribution < -0.4 is 11.1 Å². The molecule has 2 amide bonds. The molecular weight excluding hydrogens is 376 g/mol. The molecule has 0 radical (unpaired) electrons. The lowest BCUT2D eigenvalue weighted by Gasteiger charge is -2.29. The van der Waals surface area contributed by atoms with Gasteiger partial charge in [-0.1, -0.05) is 24.5 Å². The second kappa shape index (κ2) is 8.07. The topological polar surface area (TPSA) is 109 Å². The average molecular weight is 405 g/mol. The third-order valence-corrected chi connectivity index (χ3v) is 7.52. The summed E-state index contributed by atoms with van der Waals surface area (Å²) in [5, 5.41) is 12.9. The van der Waals surface area contributed by atoms with Crippen LogP contribution in [0.1, 0.15) is 67.3 Å². The van der Waals surface area contributed by atoms with Crippen LogP contribution in [0.4, 0.5) is 5.00 Å². The number of thiophene rings is 1. The minimum absolute atomic E-state index is 0.340. The van der Waals surface area contributed by atoms with Crippen LogP contribution in [0.3, 0.4) is 0 Å². The van der Waals surface area contributed by atoms with Gasteiger partial charge in [0.1, 0.15) is 5.00 Å². The molecule has 0 fully saturated rings. The Bertz CT molecular complexity index is 855. The number of carboxylic acids is 1. The van der Waals surface area contributed by atoms with E-state index < -0.39 is 23.7 Å². The quantitative estimate of drug-likeness (QED) is 0.649. The molecule has 0 saturated carbocycles. The summed E-state index contributed by atoms with van der Waals surface area (Å²) in [5.74, 6) is -2.65. The molecule has 0 saturated heterocycles. The van der Waals surface area contributed by atoms with E-state index in [1.54, 1.807) is 0 Å². The summed E-state index contributed by atoms with van der Waals surface area (Å²) in [4.78, 5) is 37.9. The van der Waals surface area contributed by atoms with Crippen molar-refractivity contribution in [2.24, 2.45) is 23.5 Å². The number of amides is 2. The number of anilines is 1. The van der Waals surface area contributed by atoms with Crippen molar-refractivity contribution in [3.8, 4) is 0 Å². The van der Waals surface area contributed by atoms with Crippen LogP contribution in [0.25, 0.3) is 0 Å². The molecule has 7 heteroatoms. The van der Waals surface area contributed by atoms with Gasteiger partial charge in [-0.05, 0) is 57.4 Å². The molecule has 3 rings (SSSR count). The highest BCUT2D eigenvalue weighted by Crippen LogP contribution is 2.41. The monoisotopic (exact) mass is 404 g/mol. The summed E-state index contributed by atoms with van der Waals surface area (Å²) in [5.41, 5.74) is 9.10. The predicted molar refractivity (Wildman–Crippen MR) is 109 cm³/mol. The third-order valence-electron chi connectivity index (χ3n) is 6.35. The van der Waals surface area contributed by atoms with Crippen molar-refractivity contribution >= 4 is 34.1 Å². The number of nitrogens with one attached hydrogen (secondary N) is 1. The summed E-state index contributed by atoms with van der Waals surface area (Å²) < 4.78 is 0. The van der Waals surface area contributed by atoms with Crippen molar-refractivity contribution in [2.75, 3.05) is 5.32 Å². The molecule has 0 aliphatic heterocycles. The molecule has 0 aromatic carbocycles. The van der Waals surface area contributed by atoms with Gasteiger partial charge in [0.25, 0.3) is 5.91 Å². The summed E-state index contributed by atoms with van der Waals surface area (Å²) in [6.45, 7) is 6.02. The minimum atomic E-state index is -0.960. The van der Waals surface area contributed by atoms with E-state index >= 15 is 0 Å². The highest BCUT2D eigenvalue weighted by atomic mass is 32.1. The molecular formula is C21H28N2O4S. The molecule has 1 aromatic heterocycles. The van der Waals surface area contributed by atoms with Gasteiger partial charge in [0.15, 0.2) is 0 Å².